The first-order valence-electron chi connectivity index (χ1n) is 13.9. The smallest absolute Gasteiger partial charge is 0.320 e. The second-order valence-electron chi connectivity index (χ2n) is 12.7. The average molecular weight is 491 g/mol. The van der Waals surface area contributed by atoms with Gasteiger partial charge in [0.1, 0.15) is 5.78 Å². The molecule has 0 aliphatic heterocycles. The first-order chi connectivity index (χ1) is 16.5. The van der Waals surface area contributed by atoms with E-state index in [-0.39, 0.29) is 34.7 Å². The van der Waals surface area contributed by atoms with E-state index in [0.29, 0.717) is 35.9 Å². The third kappa shape index (κ3) is 4.16. The minimum atomic E-state index is -0.895. The van der Waals surface area contributed by atoms with Crippen molar-refractivity contribution >= 4 is 17.7 Å². The fraction of sp³-hybridized carbons (Fsp3) is 0.897. The third-order valence-electron chi connectivity index (χ3n) is 11.5. The number of aliphatic hydroxyl groups excluding tert-OH is 1. The molecule has 4 rings (SSSR count). The lowest BCUT2D eigenvalue weighted by molar-refractivity contribution is -0.173. The molecule has 4 saturated carbocycles. The van der Waals surface area contributed by atoms with Crippen LogP contribution in [0.4, 0.5) is 0 Å². The molecule has 0 saturated heterocycles. The minimum absolute atomic E-state index is 0.0305. The highest BCUT2D eigenvalue weighted by molar-refractivity contribution is 5.94. The summed E-state index contributed by atoms with van der Waals surface area (Å²) in [5.41, 5.74) is 0.160. The molecule has 0 amide bonds. The second kappa shape index (κ2) is 9.79. The van der Waals surface area contributed by atoms with E-state index < -0.39 is 17.9 Å². The Kier molecular flexibility index (Phi) is 7.45. The van der Waals surface area contributed by atoms with Gasteiger partial charge < -0.3 is 14.6 Å². The summed E-state index contributed by atoms with van der Waals surface area (Å²) in [6, 6.07) is 0. The summed E-state index contributed by atoms with van der Waals surface area (Å²) >= 11 is 0. The average Bonchev–Trinajstić information content (AvgIpc) is 3.20. The third-order valence-corrected chi connectivity index (χ3v) is 11.5. The predicted molar refractivity (Wildman–Crippen MR) is 132 cm³/mol. The topological polar surface area (TPSA) is 89.9 Å². The number of fused-ring (bicyclic) bond motifs is 5. The van der Waals surface area contributed by atoms with Gasteiger partial charge in [-0.15, -0.1) is 0 Å². The molecule has 0 aromatic carbocycles. The lowest BCUT2D eigenvalue weighted by atomic mass is 9.42. The van der Waals surface area contributed by atoms with Crippen molar-refractivity contribution in [3.63, 3.8) is 0 Å². The van der Waals surface area contributed by atoms with E-state index in [4.69, 9.17) is 9.47 Å². The molecule has 0 aromatic rings. The van der Waals surface area contributed by atoms with Crippen LogP contribution >= 0.6 is 0 Å². The van der Waals surface area contributed by atoms with Gasteiger partial charge in [0.15, 0.2) is 5.92 Å². The van der Waals surface area contributed by atoms with E-state index in [2.05, 4.69) is 27.7 Å². The molecular formula is C29H46O6. The number of hydrogen-bond donors (Lipinski definition) is 1. The molecule has 0 heterocycles. The fourth-order valence-corrected chi connectivity index (χ4v) is 9.72. The highest BCUT2D eigenvalue weighted by Crippen LogP contribution is 2.68. The normalized spacial score (nSPS) is 43.7. The molecule has 6 nitrogen and oxygen atoms in total. The van der Waals surface area contributed by atoms with E-state index in [1.807, 2.05) is 0 Å². The SMILES string of the molecule is CC[C@@H]1C(=O)C2C3CCC([C@H](C)CC(C(=O)OC)C(=O)OC)[C@@]3(C)CCC2[C@@]2(C)CCC(O)C[C@@H]12. The number of hydrogen-bond acceptors (Lipinski definition) is 6. The number of Topliss-reactive ketones (excluding diaryl/α,β-unsaturated/α-hetero) is 1. The van der Waals surface area contributed by atoms with Crippen molar-refractivity contribution < 1.29 is 29.0 Å². The number of carbonyl (C=O) groups is 3. The van der Waals surface area contributed by atoms with E-state index in [9.17, 15) is 19.5 Å². The van der Waals surface area contributed by atoms with Crippen molar-refractivity contribution in [2.45, 2.75) is 91.6 Å². The molecule has 4 aliphatic rings. The van der Waals surface area contributed by atoms with Crippen LogP contribution in [0.5, 0.6) is 0 Å². The highest BCUT2D eigenvalue weighted by Gasteiger charge is 2.65. The van der Waals surface area contributed by atoms with Crippen molar-refractivity contribution in [1.82, 2.24) is 0 Å². The zero-order valence-electron chi connectivity index (χ0n) is 22.5. The Morgan fingerprint density at radius 2 is 1.57 bits per heavy atom. The molecule has 10 atom stereocenters. The Labute approximate surface area is 210 Å². The number of esters is 2. The van der Waals surface area contributed by atoms with Crippen molar-refractivity contribution in [2.24, 2.45) is 58.2 Å². The molecule has 1 N–H and O–H groups in total. The van der Waals surface area contributed by atoms with Gasteiger partial charge in [-0.05, 0) is 98.2 Å². The van der Waals surface area contributed by atoms with Crippen LogP contribution in [-0.2, 0) is 23.9 Å². The Balaban J connectivity index is 1.60. The van der Waals surface area contributed by atoms with Crippen LogP contribution < -0.4 is 0 Å². The maximum atomic E-state index is 14.1. The number of methoxy groups -OCH3 is 2. The van der Waals surface area contributed by atoms with Crippen molar-refractivity contribution in [3.05, 3.63) is 0 Å². The van der Waals surface area contributed by atoms with Gasteiger partial charge in [-0.3, -0.25) is 14.4 Å². The zero-order chi connectivity index (χ0) is 25.7. The number of carbonyl (C=O) groups excluding carboxylic acids is 3. The van der Waals surface area contributed by atoms with Gasteiger partial charge in [0, 0.05) is 11.8 Å². The van der Waals surface area contributed by atoms with Crippen LogP contribution in [0.15, 0.2) is 0 Å². The van der Waals surface area contributed by atoms with Gasteiger partial charge in [-0.25, -0.2) is 0 Å². The van der Waals surface area contributed by atoms with Gasteiger partial charge in [0.05, 0.1) is 20.3 Å². The van der Waals surface area contributed by atoms with Crippen molar-refractivity contribution in [2.75, 3.05) is 14.2 Å². The Morgan fingerprint density at radius 3 is 2.17 bits per heavy atom. The molecule has 4 fully saturated rings. The molecular weight excluding hydrogens is 444 g/mol. The first kappa shape index (κ1) is 26.6. The van der Waals surface area contributed by atoms with Gasteiger partial charge >= 0.3 is 11.9 Å². The summed E-state index contributed by atoms with van der Waals surface area (Å²) in [4.78, 5) is 38.8. The predicted octanol–water partition coefficient (Wildman–Crippen LogP) is 4.81. The standard InChI is InChI=1S/C29H46O6/c1-7-18-23-15-17(30)10-12-29(23,4)22-11-13-28(3)20(8-9-21(28)24(22)25(18)31)16(2)14-19(26(32)34-5)27(33)35-6/h16-24,30H,7-15H2,1-6H3/t16-,17?,18+,20?,21?,22?,23+,24?,28-,29-/m1/s1. The molecule has 0 bridgehead atoms. The molecule has 6 heteroatoms. The largest absolute Gasteiger partial charge is 0.468 e. The number of ketones is 1. The summed E-state index contributed by atoms with van der Waals surface area (Å²) in [5.74, 6) is 0.227. The van der Waals surface area contributed by atoms with Crippen LogP contribution in [0, 0.1) is 58.2 Å². The summed E-state index contributed by atoms with van der Waals surface area (Å²) in [6.07, 6.45) is 7.87. The highest BCUT2D eigenvalue weighted by atomic mass is 16.5. The number of aliphatic hydroxyl groups is 1. The van der Waals surface area contributed by atoms with Gasteiger partial charge in [-0.1, -0.05) is 27.7 Å². The van der Waals surface area contributed by atoms with E-state index in [1.165, 1.54) is 14.2 Å². The van der Waals surface area contributed by atoms with Crippen LogP contribution in [0.2, 0.25) is 0 Å². The van der Waals surface area contributed by atoms with Crippen LogP contribution in [-0.4, -0.2) is 43.2 Å². The number of rotatable bonds is 6. The molecule has 5 unspecified atom stereocenters. The first-order valence-corrected chi connectivity index (χ1v) is 13.9. The van der Waals surface area contributed by atoms with E-state index in [0.717, 1.165) is 51.4 Å². The van der Waals surface area contributed by atoms with Crippen LogP contribution in [0.25, 0.3) is 0 Å². The molecule has 0 radical (unpaired) electrons. The lowest BCUT2D eigenvalue weighted by Gasteiger charge is -2.62. The zero-order valence-corrected chi connectivity index (χ0v) is 22.5. The molecule has 198 valence electrons. The monoisotopic (exact) mass is 490 g/mol. The van der Waals surface area contributed by atoms with Gasteiger partial charge in [0.25, 0.3) is 0 Å². The lowest BCUT2D eigenvalue weighted by Crippen LogP contribution is -2.60. The van der Waals surface area contributed by atoms with Gasteiger partial charge in [0.2, 0.25) is 0 Å². The molecule has 35 heavy (non-hydrogen) atoms. The second-order valence-corrected chi connectivity index (χ2v) is 12.7. The minimum Gasteiger partial charge on any atom is -0.468 e. The Hall–Kier alpha value is -1.43. The number of ether oxygens (including phenoxy) is 2. The molecule has 0 aromatic heterocycles. The van der Waals surface area contributed by atoms with E-state index in [1.54, 1.807) is 0 Å². The maximum Gasteiger partial charge on any atom is 0.320 e. The Bertz CT molecular complexity index is 823. The molecule has 0 spiro atoms. The molecule has 4 aliphatic carbocycles. The maximum absolute atomic E-state index is 14.1. The van der Waals surface area contributed by atoms with Crippen LogP contribution in [0.3, 0.4) is 0 Å². The van der Waals surface area contributed by atoms with E-state index >= 15 is 0 Å². The Morgan fingerprint density at radius 1 is 0.971 bits per heavy atom. The summed E-state index contributed by atoms with van der Waals surface area (Å²) < 4.78 is 9.81. The fourth-order valence-electron chi connectivity index (χ4n) is 9.72. The summed E-state index contributed by atoms with van der Waals surface area (Å²) in [6.45, 7) is 9.10. The van der Waals surface area contributed by atoms with Crippen LogP contribution in [0.1, 0.15) is 85.5 Å². The van der Waals surface area contributed by atoms with Crippen molar-refractivity contribution in [3.8, 4) is 0 Å². The quantitative estimate of drug-likeness (QED) is 0.424. The summed E-state index contributed by atoms with van der Waals surface area (Å²) in [7, 11) is 2.63. The summed E-state index contributed by atoms with van der Waals surface area (Å²) in [5, 5.41) is 10.5. The van der Waals surface area contributed by atoms with Gasteiger partial charge in [-0.2, -0.15) is 0 Å². The van der Waals surface area contributed by atoms with Crippen molar-refractivity contribution in [1.29, 1.82) is 0 Å².